The molecule has 2 aromatic carbocycles. The summed E-state index contributed by atoms with van der Waals surface area (Å²) in [6.07, 6.45) is 1.59. The highest BCUT2D eigenvalue weighted by Crippen LogP contribution is 2.28. The second-order valence-electron chi connectivity index (χ2n) is 5.38. The molecule has 0 saturated heterocycles. The summed E-state index contributed by atoms with van der Waals surface area (Å²) in [4.78, 5) is 13.2. The van der Waals surface area contributed by atoms with Crippen LogP contribution >= 0.6 is 11.8 Å². The first-order valence-corrected chi connectivity index (χ1v) is 9.46. The Morgan fingerprint density at radius 1 is 1.12 bits per heavy atom. The lowest BCUT2D eigenvalue weighted by atomic mass is 10.2. The standard InChI is InChI=1S/C20H24N2O3S/c1-4-24-18-12-11-16(13-19(18)25-5-2)14-21-22-20(23)15(3)26-17-9-7-6-8-10-17/h6-15H,4-5H2,1-3H3,(H,22,23)/b21-14+. The summed E-state index contributed by atoms with van der Waals surface area (Å²) in [5, 5.41) is 3.81. The van der Waals surface area contributed by atoms with Crippen molar-refractivity contribution in [1.82, 2.24) is 5.43 Å². The smallest absolute Gasteiger partial charge is 0.253 e. The Morgan fingerprint density at radius 3 is 2.50 bits per heavy atom. The molecule has 2 rings (SSSR count). The van der Waals surface area contributed by atoms with Gasteiger partial charge >= 0.3 is 0 Å². The maximum atomic E-state index is 12.2. The van der Waals surface area contributed by atoms with Crippen molar-refractivity contribution >= 4 is 23.9 Å². The van der Waals surface area contributed by atoms with Gasteiger partial charge in [0.2, 0.25) is 0 Å². The van der Waals surface area contributed by atoms with Crippen molar-refractivity contribution in [3.05, 3.63) is 54.1 Å². The molecule has 0 fully saturated rings. The minimum atomic E-state index is -0.242. The highest BCUT2D eigenvalue weighted by atomic mass is 32.2. The molecule has 0 radical (unpaired) electrons. The maximum Gasteiger partial charge on any atom is 0.253 e. The molecule has 26 heavy (non-hydrogen) atoms. The van der Waals surface area contributed by atoms with E-state index >= 15 is 0 Å². The number of nitrogens with zero attached hydrogens (tertiary/aromatic N) is 1. The monoisotopic (exact) mass is 372 g/mol. The van der Waals surface area contributed by atoms with Gasteiger partial charge in [0.15, 0.2) is 11.5 Å². The average molecular weight is 372 g/mol. The van der Waals surface area contributed by atoms with Gasteiger partial charge in [0.05, 0.1) is 24.7 Å². The summed E-state index contributed by atoms with van der Waals surface area (Å²) in [6, 6.07) is 15.4. The Labute approximate surface area is 158 Å². The van der Waals surface area contributed by atoms with Gasteiger partial charge < -0.3 is 9.47 Å². The predicted molar refractivity (Wildman–Crippen MR) is 106 cm³/mol. The lowest BCUT2D eigenvalue weighted by Crippen LogP contribution is -2.26. The minimum Gasteiger partial charge on any atom is -0.490 e. The van der Waals surface area contributed by atoms with E-state index in [9.17, 15) is 4.79 Å². The fraction of sp³-hybridized carbons (Fsp3) is 0.300. The SMILES string of the molecule is CCOc1ccc(/C=N/NC(=O)C(C)Sc2ccccc2)cc1OCC. The van der Waals surface area contributed by atoms with E-state index in [-0.39, 0.29) is 11.2 Å². The number of amides is 1. The molecule has 0 aromatic heterocycles. The number of hydrazone groups is 1. The normalized spacial score (nSPS) is 12.0. The number of hydrogen-bond acceptors (Lipinski definition) is 5. The quantitative estimate of drug-likeness (QED) is 0.409. The molecule has 0 aliphatic heterocycles. The molecular formula is C20H24N2O3S. The first-order chi connectivity index (χ1) is 12.6. The van der Waals surface area contributed by atoms with Gasteiger partial charge in [0, 0.05) is 4.90 Å². The largest absolute Gasteiger partial charge is 0.490 e. The molecule has 1 amide bonds. The Balaban J connectivity index is 1.94. The number of hydrogen-bond donors (Lipinski definition) is 1. The fourth-order valence-corrected chi connectivity index (χ4v) is 3.05. The van der Waals surface area contributed by atoms with E-state index in [4.69, 9.17) is 9.47 Å². The van der Waals surface area contributed by atoms with Crippen LogP contribution in [0.5, 0.6) is 11.5 Å². The average Bonchev–Trinajstić information content (AvgIpc) is 2.65. The molecule has 6 heteroatoms. The lowest BCUT2D eigenvalue weighted by molar-refractivity contribution is -0.120. The second-order valence-corrected chi connectivity index (χ2v) is 6.79. The zero-order valence-corrected chi connectivity index (χ0v) is 16.1. The summed E-state index contributed by atoms with van der Waals surface area (Å²) >= 11 is 1.49. The van der Waals surface area contributed by atoms with Crippen LogP contribution in [-0.2, 0) is 4.79 Å². The number of rotatable bonds is 9. The van der Waals surface area contributed by atoms with Crippen LogP contribution in [0.1, 0.15) is 26.3 Å². The molecule has 0 aliphatic rings. The van der Waals surface area contributed by atoms with Crippen LogP contribution in [0.15, 0.2) is 58.5 Å². The van der Waals surface area contributed by atoms with Gasteiger partial charge in [-0.1, -0.05) is 18.2 Å². The second kappa shape index (κ2) is 10.5. The van der Waals surface area contributed by atoms with Crippen LogP contribution in [0.25, 0.3) is 0 Å². The molecule has 2 aromatic rings. The summed E-state index contributed by atoms with van der Waals surface area (Å²) in [7, 11) is 0. The van der Waals surface area contributed by atoms with Gasteiger partial charge in [-0.3, -0.25) is 4.79 Å². The van der Waals surface area contributed by atoms with Crippen molar-refractivity contribution in [2.24, 2.45) is 5.10 Å². The summed E-state index contributed by atoms with van der Waals surface area (Å²) < 4.78 is 11.1. The summed E-state index contributed by atoms with van der Waals surface area (Å²) in [5.74, 6) is 1.21. The van der Waals surface area contributed by atoms with Gasteiger partial charge in [-0.2, -0.15) is 5.10 Å². The van der Waals surface area contributed by atoms with E-state index in [2.05, 4.69) is 10.5 Å². The Kier molecular flexibility index (Phi) is 8.02. The molecule has 5 nitrogen and oxygen atoms in total. The maximum absolute atomic E-state index is 12.2. The highest BCUT2D eigenvalue weighted by Gasteiger charge is 2.13. The van der Waals surface area contributed by atoms with Crippen molar-refractivity contribution < 1.29 is 14.3 Å². The van der Waals surface area contributed by atoms with Gasteiger partial charge in [0.1, 0.15) is 0 Å². The summed E-state index contributed by atoms with van der Waals surface area (Å²) in [6.45, 7) is 6.82. The number of ether oxygens (including phenoxy) is 2. The van der Waals surface area contributed by atoms with Crippen LogP contribution in [0, 0.1) is 0 Å². The van der Waals surface area contributed by atoms with Crippen molar-refractivity contribution in [2.75, 3.05) is 13.2 Å². The molecule has 0 aliphatic carbocycles. The topological polar surface area (TPSA) is 59.9 Å². The first kappa shape index (κ1) is 19.8. The molecular weight excluding hydrogens is 348 g/mol. The number of nitrogens with one attached hydrogen (secondary N) is 1. The number of thioether (sulfide) groups is 1. The Hall–Kier alpha value is -2.47. The molecule has 0 saturated carbocycles. The zero-order chi connectivity index (χ0) is 18.8. The van der Waals surface area contributed by atoms with Crippen LogP contribution in [0.3, 0.4) is 0 Å². The third-order valence-corrected chi connectivity index (χ3v) is 4.49. The van der Waals surface area contributed by atoms with Crippen LogP contribution < -0.4 is 14.9 Å². The van der Waals surface area contributed by atoms with E-state index < -0.39 is 0 Å². The third-order valence-electron chi connectivity index (χ3n) is 3.38. The van der Waals surface area contributed by atoms with Gasteiger partial charge in [-0.25, -0.2) is 5.43 Å². The number of carbonyl (C=O) groups excluding carboxylic acids is 1. The molecule has 1 unspecified atom stereocenters. The fourth-order valence-electron chi connectivity index (χ4n) is 2.17. The molecule has 138 valence electrons. The number of carbonyl (C=O) groups is 1. The zero-order valence-electron chi connectivity index (χ0n) is 15.3. The van der Waals surface area contributed by atoms with Gasteiger partial charge in [0.25, 0.3) is 5.91 Å². The Bertz CT molecular complexity index is 735. The predicted octanol–water partition coefficient (Wildman–Crippen LogP) is 4.11. The van der Waals surface area contributed by atoms with Gasteiger partial charge in [-0.05, 0) is 56.7 Å². The lowest BCUT2D eigenvalue weighted by Gasteiger charge is -2.11. The number of benzene rings is 2. The van der Waals surface area contributed by atoms with Crippen LogP contribution in [0.2, 0.25) is 0 Å². The summed E-state index contributed by atoms with van der Waals surface area (Å²) in [5.41, 5.74) is 3.40. The van der Waals surface area contributed by atoms with Crippen molar-refractivity contribution in [1.29, 1.82) is 0 Å². The molecule has 0 bridgehead atoms. The van der Waals surface area contributed by atoms with Crippen LogP contribution in [-0.4, -0.2) is 30.6 Å². The Morgan fingerprint density at radius 2 is 1.81 bits per heavy atom. The van der Waals surface area contributed by atoms with E-state index in [1.165, 1.54) is 11.8 Å². The van der Waals surface area contributed by atoms with E-state index in [0.29, 0.717) is 24.7 Å². The molecule has 0 heterocycles. The molecule has 1 N–H and O–H groups in total. The van der Waals surface area contributed by atoms with Gasteiger partial charge in [-0.15, -0.1) is 11.8 Å². The molecule has 1 atom stereocenters. The van der Waals surface area contributed by atoms with E-state index in [0.717, 1.165) is 10.5 Å². The first-order valence-electron chi connectivity index (χ1n) is 8.58. The van der Waals surface area contributed by atoms with Crippen molar-refractivity contribution in [3.8, 4) is 11.5 Å². The van der Waals surface area contributed by atoms with E-state index in [1.807, 2.05) is 69.3 Å². The van der Waals surface area contributed by atoms with E-state index in [1.54, 1.807) is 6.21 Å². The van der Waals surface area contributed by atoms with Crippen molar-refractivity contribution in [2.45, 2.75) is 30.9 Å². The van der Waals surface area contributed by atoms with Crippen molar-refractivity contribution in [3.63, 3.8) is 0 Å². The highest BCUT2D eigenvalue weighted by molar-refractivity contribution is 8.00. The third kappa shape index (κ3) is 6.11. The molecule has 0 spiro atoms. The minimum absolute atomic E-state index is 0.147. The van der Waals surface area contributed by atoms with Crippen LogP contribution in [0.4, 0.5) is 0 Å².